The van der Waals surface area contributed by atoms with Gasteiger partial charge in [-0.25, -0.2) is 4.98 Å². The number of aryl methyl sites for hydroxylation is 1. The van der Waals surface area contributed by atoms with Crippen LogP contribution in [0.25, 0.3) is 0 Å². The molecule has 19 heavy (non-hydrogen) atoms. The zero-order valence-corrected chi connectivity index (χ0v) is 15.3. The number of thioether (sulfide) groups is 1. The van der Waals surface area contributed by atoms with Crippen molar-refractivity contribution in [3.05, 3.63) is 16.1 Å². The van der Waals surface area contributed by atoms with Crippen molar-refractivity contribution in [2.24, 2.45) is 4.99 Å². The van der Waals surface area contributed by atoms with Gasteiger partial charge in [0.15, 0.2) is 5.96 Å². The molecule has 108 valence electrons. The first-order valence-electron chi connectivity index (χ1n) is 6.24. The molecule has 1 atom stereocenters. The SMILES string of the molecule is CN=C(NCc1scnc1C)NCC1CCCS1.I. The number of aliphatic imine (C=N–C) groups is 1. The van der Waals surface area contributed by atoms with Gasteiger partial charge in [-0.2, -0.15) is 11.8 Å². The molecule has 2 heterocycles. The Kier molecular flexibility index (Phi) is 8.08. The molecule has 2 N–H and O–H groups in total. The molecule has 7 heteroatoms. The van der Waals surface area contributed by atoms with Crippen LogP contribution in [0.3, 0.4) is 0 Å². The van der Waals surface area contributed by atoms with Gasteiger partial charge in [-0.05, 0) is 25.5 Å². The van der Waals surface area contributed by atoms with Crippen LogP contribution in [0.4, 0.5) is 0 Å². The highest BCUT2D eigenvalue weighted by atomic mass is 127. The number of rotatable bonds is 4. The van der Waals surface area contributed by atoms with E-state index in [1.807, 2.05) is 19.5 Å². The van der Waals surface area contributed by atoms with Crippen LogP contribution in [0.5, 0.6) is 0 Å². The molecule has 0 saturated carbocycles. The summed E-state index contributed by atoms with van der Waals surface area (Å²) in [6, 6.07) is 0. The average molecular weight is 412 g/mol. The van der Waals surface area contributed by atoms with E-state index in [0.717, 1.165) is 30.0 Å². The molecule has 0 spiro atoms. The summed E-state index contributed by atoms with van der Waals surface area (Å²) in [5.74, 6) is 2.19. The Hall–Kier alpha value is -0.0200. The van der Waals surface area contributed by atoms with Gasteiger partial charge in [0.05, 0.1) is 17.7 Å². The monoisotopic (exact) mass is 412 g/mol. The lowest BCUT2D eigenvalue weighted by Gasteiger charge is -2.14. The van der Waals surface area contributed by atoms with Crippen LogP contribution in [0.1, 0.15) is 23.4 Å². The maximum atomic E-state index is 4.25. The Balaban J connectivity index is 0.00000180. The normalized spacial score (nSPS) is 19.1. The minimum atomic E-state index is 0. The number of halogens is 1. The number of hydrogen-bond acceptors (Lipinski definition) is 4. The third-order valence-corrected chi connectivity index (χ3v) is 5.34. The van der Waals surface area contributed by atoms with E-state index in [1.165, 1.54) is 23.5 Å². The largest absolute Gasteiger partial charge is 0.355 e. The van der Waals surface area contributed by atoms with Crippen molar-refractivity contribution >= 4 is 53.0 Å². The van der Waals surface area contributed by atoms with Gasteiger partial charge in [-0.3, -0.25) is 4.99 Å². The molecule has 0 amide bonds. The van der Waals surface area contributed by atoms with Crippen LogP contribution >= 0.6 is 47.1 Å². The van der Waals surface area contributed by atoms with Gasteiger partial charge in [-0.15, -0.1) is 35.3 Å². The molecule has 0 aliphatic carbocycles. The third kappa shape index (κ3) is 5.47. The molecule has 1 aliphatic heterocycles. The van der Waals surface area contributed by atoms with Crippen LogP contribution in [0, 0.1) is 6.92 Å². The highest BCUT2D eigenvalue weighted by molar-refractivity contribution is 14.0. The van der Waals surface area contributed by atoms with Crippen LogP contribution in [-0.2, 0) is 6.54 Å². The van der Waals surface area contributed by atoms with Crippen LogP contribution < -0.4 is 10.6 Å². The van der Waals surface area contributed by atoms with Crippen LogP contribution in [-0.4, -0.2) is 35.5 Å². The van der Waals surface area contributed by atoms with Gasteiger partial charge in [0.25, 0.3) is 0 Å². The first-order valence-corrected chi connectivity index (χ1v) is 8.17. The lowest BCUT2D eigenvalue weighted by atomic mass is 10.2. The summed E-state index contributed by atoms with van der Waals surface area (Å²) >= 11 is 3.74. The zero-order valence-electron chi connectivity index (χ0n) is 11.3. The van der Waals surface area contributed by atoms with Crippen molar-refractivity contribution in [3.63, 3.8) is 0 Å². The molecule has 4 nitrogen and oxygen atoms in total. The Morgan fingerprint density at radius 2 is 2.37 bits per heavy atom. The third-order valence-electron chi connectivity index (χ3n) is 3.01. The Labute approximate surface area is 140 Å². The molecule has 1 aliphatic rings. The van der Waals surface area contributed by atoms with Crippen molar-refractivity contribution in [3.8, 4) is 0 Å². The minimum absolute atomic E-state index is 0. The predicted molar refractivity (Wildman–Crippen MR) is 95.9 cm³/mol. The molecule has 1 unspecified atom stereocenters. The van der Waals surface area contributed by atoms with Crippen molar-refractivity contribution in [1.29, 1.82) is 0 Å². The molecule has 0 bridgehead atoms. The standard InChI is InChI=1S/C12H20N4S2.HI/c1-9-11(18-8-16-9)7-15-12(13-2)14-6-10-4-3-5-17-10;/h8,10H,3-7H2,1-2H3,(H2,13,14,15);1H. The van der Waals surface area contributed by atoms with E-state index >= 15 is 0 Å². The van der Waals surface area contributed by atoms with E-state index in [2.05, 4.69) is 32.4 Å². The maximum absolute atomic E-state index is 4.25. The molecule has 1 aromatic rings. The molecule has 1 fully saturated rings. The minimum Gasteiger partial charge on any atom is -0.355 e. The van der Waals surface area contributed by atoms with Gasteiger partial charge in [-0.1, -0.05) is 0 Å². The summed E-state index contributed by atoms with van der Waals surface area (Å²) < 4.78 is 0. The average Bonchev–Trinajstić information content (AvgIpc) is 3.01. The number of guanidine groups is 1. The van der Waals surface area contributed by atoms with Gasteiger partial charge in [0.2, 0.25) is 0 Å². The van der Waals surface area contributed by atoms with Crippen molar-refractivity contribution in [2.75, 3.05) is 19.3 Å². The second-order valence-corrected chi connectivity index (χ2v) is 6.65. The fraction of sp³-hybridized carbons (Fsp3) is 0.667. The molecular weight excluding hydrogens is 391 g/mol. The number of aromatic nitrogens is 1. The summed E-state index contributed by atoms with van der Waals surface area (Å²) in [5.41, 5.74) is 2.99. The lowest BCUT2D eigenvalue weighted by Crippen LogP contribution is -2.39. The molecule has 0 radical (unpaired) electrons. The fourth-order valence-electron chi connectivity index (χ4n) is 1.90. The molecule has 1 saturated heterocycles. The summed E-state index contributed by atoms with van der Waals surface area (Å²) in [4.78, 5) is 9.76. The van der Waals surface area contributed by atoms with Crippen molar-refractivity contribution in [2.45, 2.75) is 31.6 Å². The Morgan fingerprint density at radius 3 is 2.95 bits per heavy atom. The van der Waals surface area contributed by atoms with Gasteiger partial charge < -0.3 is 10.6 Å². The van der Waals surface area contributed by atoms with E-state index in [4.69, 9.17) is 0 Å². The highest BCUT2D eigenvalue weighted by Crippen LogP contribution is 2.25. The number of nitrogens with one attached hydrogen (secondary N) is 2. The van der Waals surface area contributed by atoms with E-state index in [0.29, 0.717) is 0 Å². The smallest absolute Gasteiger partial charge is 0.191 e. The van der Waals surface area contributed by atoms with E-state index < -0.39 is 0 Å². The second kappa shape index (κ2) is 9.02. The number of nitrogens with zero attached hydrogens (tertiary/aromatic N) is 2. The highest BCUT2D eigenvalue weighted by Gasteiger charge is 2.15. The lowest BCUT2D eigenvalue weighted by molar-refractivity contribution is 0.726. The van der Waals surface area contributed by atoms with Gasteiger partial charge in [0.1, 0.15) is 0 Å². The van der Waals surface area contributed by atoms with E-state index in [9.17, 15) is 0 Å². The van der Waals surface area contributed by atoms with Gasteiger partial charge in [0, 0.05) is 23.7 Å². The first-order chi connectivity index (χ1) is 8.79. The molecular formula is C12H21IN4S2. The number of thiazole rings is 1. The summed E-state index contributed by atoms with van der Waals surface area (Å²) in [5, 5.41) is 7.48. The summed E-state index contributed by atoms with van der Waals surface area (Å²) in [7, 11) is 1.82. The first kappa shape index (κ1) is 17.0. The van der Waals surface area contributed by atoms with Gasteiger partial charge >= 0.3 is 0 Å². The molecule has 0 aromatic carbocycles. The van der Waals surface area contributed by atoms with Crippen molar-refractivity contribution in [1.82, 2.24) is 15.6 Å². The van der Waals surface area contributed by atoms with Crippen molar-refractivity contribution < 1.29 is 0 Å². The molecule has 2 rings (SSSR count). The Bertz CT molecular complexity index is 402. The second-order valence-electron chi connectivity index (χ2n) is 4.30. The summed E-state index contributed by atoms with van der Waals surface area (Å²) in [6.45, 7) is 3.85. The van der Waals surface area contributed by atoms with Crippen LogP contribution in [0.15, 0.2) is 10.5 Å². The maximum Gasteiger partial charge on any atom is 0.191 e. The fourth-order valence-corrected chi connectivity index (χ4v) is 3.81. The zero-order chi connectivity index (χ0) is 12.8. The topological polar surface area (TPSA) is 49.3 Å². The quantitative estimate of drug-likeness (QED) is 0.454. The summed E-state index contributed by atoms with van der Waals surface area (Å²) in [6.07, 6.45) is 2.67. The molecule has 1 aromatic heterocycles. The Morgan fingerprint density at radius 1 is 1.53 bits per heavy atom. The van der Waals surface area contributed by atoms with Crippen LogP contribution in [0.2, 0.25) is 0 Å². The van der Waals surface area contributed by atoms with E-state index in [1.54, 1.807) is 11.3 Å². The van der Waals surface area contributed by atoms with E-state index in [-0.39, 0.29) is 24.0 Å². The predicted octanol–water partition coefficient (Wildman–Crippen LogP) is 2.63. The number of hydrogen-bond donors (Lipinski definition) is 2.